The van der Waals surface area contributed by atoms with Gasteiger partial charge in [-0.05, 0) is 12.1 Å². The summed E-state index contributed by atoms with van der Waals surface area (Å²) >= 11 is 1.24. The van der Waals surface area contributed by atoms with Gasteiger partial charge in [-0.3, -0.25) is 9.59 Å². The summed E-state index contributed by atoms with van der Waals surface area (Å²) in [6.07, 6.45) is 0.0333. The fourth-order valence-corrected chi connectivity index (χ4v) is 2.59. The van der Waals surface area contributed by atoms with Crippen LogP contribution >= 0.6 is 11.3 Å². The van der Waals surface area contributed by atoms with Gasteiger partial charge in [0.15, 0.2) is 5.13 Å². The molecule has 23 heavy (non-hydrogen) atoms. The van der Waals surface area contributed by atoms with Crippen molar-refractivity contribution in [2.75, 3.05) is 17.7 Å². The number of ether oxygens (including phenoxy) is 1. The lowest BCUT2D eigenvalue weighted by Crippen LogP contribution is -2.17. The molecule has 0 bridgehead atoms. The second-order valence-electron chi connectivity index (χ2n) is 4.59. The number of anilines is 2. The van der Waals surface area contributed by atoms with E-state index in [2.05, 4.69) is 20.4 Å². The van der Waals surface area contributed by atoms with Crippen LogP contribution in [0.2, 0.25) is 0 Å². The molecule has 0 saturated heterocycles. The van der Waals surface area contributed by atoms with Gasteiger partial charge < -0.3 is 15.4 Å². The molecule has 0 radical (unpaired) electrons. The Kier molecular flexibility index (Phi) is 5.42. The lowest BCUT2D eigenvalue weighted by atomic mass is 10.1. The number of thiazole rings is 1. The number of hydrogen-bond donors (Lipinski definition) is 2. The smallest absolute Gasteiger partial charge is 0.339 e. The minimum atomic E-state index is -0.525. The van der Waals surface area contributed by atoms with Gasteiger partial charge in [0, 0.05) is 12.3 Å². The number of benzene rings is 1. The van der Waals surface area contributed by atoms with Crippen LogP contribution in [0.4, 0.5) is 10.8 Å². The molecule has 2 N–H and O–H groups in total. The molecule has 120 valence electrons. The highest BCUT2D eigenvalue weighted by Crippen LogP contribution is 2.18. The number of rotatable bonds is 5. The summed E-state index contributed by atoms with van der Waals surface area (Å²) in [7, 11) is 1.28. The first-order valence-electron chi connectivity index (χ1n) is 6.68. The van der Waals surface area contributed by atoms with Crippen LogP contribution in [-0.2, 0) is 20.7 Å². The first-order valence-corrected chi connectivity index (χ1v) is 7.56. The van der Waals surface area contributed by atoms with Gasteiger partial charge in [0.25, 0.3) is 0 Å². The zero-order valence-electron chi connectivity index (χ0n) is 12.6. The van der Waals surface area contributed by atoms with E-state index in [1.807, 2.05) is 0 Å². The maximum absolute atomic E-state index is 12.1. The number of aromatic nitrogens is 1. The molecule has 0 spiro atoms. The standard InChI is InChI=1S/C15H15N3O4S/c1-9(19)16-15-17-10(8-23-15)7-13(20)18-12-6-4-3-5-11(12)14(21)22-2/h3-6,8H,7H2,1-2H3,(H,18,20)(H,16,17,19). The van der Waals surface area contributed by atoms with Crippen molar-refractivity contribution in [2.45, 2.75) is 13.3 Å². The van der Waals surface area contributed by atoms with Crippen LogP contribution < -0.4 is 10.6 Å². The van der Waals surface area contributed by atoms with Crippen LogP contribution in [-0.4, -0.2) is 29.9 Å². The number of carbonyl (C=O) groups excluding carboxylic acids is 3. The molecule has 0 aliphatic rings. The highest BCUT2D eigenvalue weighted by Gasteiger charge is 2.14. The zero-order valence-corrected chi connectivity index (χ0v) is 13.4. The van der Waals surface area contributed by atoms with E-state index in [4.69, 9.17) is 0 Å². The number of carbonyl (C=O) groups is 3. The highest BCUT2D eigenvalue weighted by atomic mass is 32.1. The normalized spacial score (nSPS) is 10.0. The Bertz CT molecular complexity index is 742. The third-order valence-electron chi connectivity index (χ3n) is 2.78. The van der Waals surface area contributed by atoms with E-state index in [-0.39, 0.29) is 23.8 Å². The van der Waals surface area contributed by atoms with E-state index in [1.165, 1.54) is 25.4 Å². The predicted molar refractivity (Wildman–Crippen MR) is 86.5 cm³/mol. The van der Waals surface area contributed by atoms with Crippen molar-refractivity contribution in [3.63, 3.8) is 0 Å². The first-order chi connectivity index (χ1) is 11.0. The third kappa shape index (κ3) is 4.62. The van der Waals surface area contributed by atoms with Crippen LogP contribution in [0, 0.1) is 0 Å². The monoisotopic (exact) mass is 333 g/mol. The van der Waals surface area contributed by atoms with E-state index in [0.29, 0.717) is 16.5 Å². The molecule has 1 aromatic heterocycles. The highest BCUT2D eigenvalue weighted by molar-refractivity contribution is 7.13. The lowest BCUT2D eigenvalue weighted by molar-refractivity contribution is -0.116. The number of nitrogens with one attached hydrogen (secondary N) is 2. The summed E-state index contributed by atoms with van der Waals surface area (Å²) in [5, 5.41) is 7.35. The first kappa shape index (κ1) is 16.6. The fraction of sp³-hybridized carbons (Fsp3) is 0.200. The van der Waals surface area contributed by atoms with Gasteiger partial charge in [0.1, 0.15) is 0 Å². The molecule has 2 amide bonds. The molecule has 0 atom stereocenters. The average molecular weight is 333 g/mol. The second kappa shape index (κ2) is 7.50. The van der Waals surface area contributed by atoms with Crippen LogP contribution in [0.3, 0.4) is 0 Å². The maximum Gasteiger partial charge on any atom is 0.339 e. The average Bonchev–Trinajstić information content (AvgIpc) is 2.93. The molecule has 0 saturated carbocycles. The Hall–Kier alpha value is -2.74. The van der Waals surface area contributed by atoms with Crippen molar-refractivity contribution >= 4 is 39.9 Å². The summed E-state index contributed by atoms with van der Waals surface area (Å²) in [6, 6.07) is 6.58. The Labute approximate surface area is 136 Å². The predicted octanol–water partition coefficient (Wildman–Crippen LogP) is 2.07. The molecular weight excluding hydrogens is 318 g/mol. The summed E-state index contributed by atoms with van der Waals surface area (Å²) in [5.74, 6) is -1.06. The summed E-state index contributed by atoms with van der Waals surface area (Å²) in [4.78, 5) is 38.8. The number of esters is 1. The minimum Gasteiger partial charge on any atom is -0.465 e. The van der Waals surface area contributed by atoms with Crippen molar-refractivity contribution < 1.29 is 19.1 Å². The molecular formula is C15H15N3O4S. The number of para-hydroxylation sites is 1. The molecule has 1 aromatic carbocycles. The van der Waals surface area contributed by atoms with E-state index in [0.717, 1.165) is 0 Å². The molecule has 2 aromatic rings. The van der Waals surface area contributed by atoms with Gasteiger partial charge in [-0.1, -0.05) is 12.1 Å². The topological polar surface area (TPSA) is 97.4 Å². The number of methoxy groups -OCH3 is 1. The number of hydrogen-bond acceptors (Lipinski definition) is 6. The molecule has 1 heterocycles. The zero-order chi connectivity index (χ0) is 16.8. The van der Waals surface area contributed by atoms with E-state index in [1.54, 1.807) is 29.6 Å². The molecule has 0 fully saturated rings. The Balaban J connectivity index is 2.04. The Morgan fingerprint density at radius 3 is 2.65 bits per heavy atom. The molecule has 0 aliphatic heterocycles. The molecule has 0 aliphatic carbocycles. The second-order valence-corrected chi connectivity index (χ2v) is 5.45. The van der Waals surface area contributed by atoms with E-state index < -0.39 is 5.97 Å². The van der Waals surface area contributed by atoms with Crippen LogP contribution in [0.5, 0.6) is 0 Å². The van der Waals surface area contributed by atoms with Crippen molar-refractivity contribution in [2.24, 2.45) is 0 Å². The van der Waals surface area contributed by atoms with Gasteiger partial charge in [-0.25, -0.2) is 9.78 Å². The van der Waals surface area contributed by atoms with Crippen LogP contribution in [0.25, 0.3) is 0 Å². The Morgan fingerprint density at radius 1 is 1.22 bits per heavy atom. The third-order valence-corrected chi connectivity index (χ3v) is 3.59. The number of amides is 2. The van der Waals surface area contributed by atoms with Gasteiger partial charge >= 0.3 is 5.97 Å². The SMILES string of the molecule is COC(=O)c1ccccc1NC(=O)Cc1csc(NC(C)=O)n1. The molecule has 2 rings (SSSR count). The van der Waals surface area contributed by atoms with Crippen molar-refractivity contribution in [1.29, 1.82) is 0 Å². The van der Waals surface area contributed by atoms with Crippen LogP contribution in [0.1, 0.15) is 23.0 Å². The lowest BCUT2D eigenvalue weighted by Gasteiger charge is -2.08. The molecule has 0 unspecified atom stereocenters. The van der Waals surface area contributed by atoms with Gasteiger partial charge in [-0.15, -0.1) is 11.3 Å². The van der Waals surface area contributed by atoms with Crippen molar-refractivity contribution in [1.82, 2.24) is 4.98 Å². The number of nitrogens with zero attached hydrogens (tertiary/aromatic N) is 1. The van der Waals surface area contributed by atoms with Crippen molar-refractivity contribution in [3.8, 4) is 0 Å². The fourth-order valence-electron chi connectivity index (χ4n) is 1.84. The maximum atomic E-state index is 12.1. The summed E-state index contributed by atoms with van der Waals surface area (Å²) < 4.78 is 4.68. The van der Waals surface area contributed by atoms with E-state index >= 15 is 0 Å². The molecule has 7 nitrogen and oxygen atoms in total. The largest absolute Gasteiger partial charge is 0.465 e. The van der Waals surface area contributed by atoms with Gasteiger partial charge in [0.05, 0.1) is 30.5 Å². The van der Waals surface area contributed by atoms with Crippen LogP contribution in [0.15, 0.2) is 29.6 Å². The molecule has 8 heteroatoms. The Morgan fingerprint density at radius 2 is 1.96 bits per heavy atom. The van der Waals surface area contributed by atoms with Crippen molar-refractivity contribution in [3.05, 3.63) is 40.9 Å². The van der Waals surface area contributed by atoms with Gasteiger partial charge in [-0.2, -0.15) is 0 Å². The quantitative estimate of drug-likeness (QED) is 0.816. The van der Waals surface area contributed by atoms with E-state index in [9.17, 15) is 14.4 Å². The summed E-state index contributed by atoms with van der Waals surface area (Å²) in [5.41, 5.74) is 1.19. The minimum absolute atomic E-state index is 0.0333. The summed E-state index contributed by atoms with van der Waals surface area (Å²) in [6.45, 7) is 1.39. The van der Waals surface area contributed by atoms with Gasteiger partial charge in [0.2, 0.25) is 11.8 Å².